The van der Waals surface area contributed by atoms with Crippen molar-refractivity contribution in [3.63, 3.8) is 0 Å². The van der Waals surface area contributed by atoms with Crippen LogP contribution in [0.5, 0.6) is 11.5 Å². The van der Waals surface area contributed by atoms with Gasteiger partial charge in [-0.05, 0) is 25.9 Å². The van der Waals surface area contributed by atoms with E-state index < -0.39 is 5.41 Å². The summed E-state index contributed by atoms with van der Waals surface area (Å²) < 4.78 is 16.3. The molecule has 0 aliphatic carbocycles. The molecule has 1 saturated heterocycles. The Morgan fingerprint density at radius 2 is 1.92 bits per heavy atom. The van der Waals surface area contributed by atoms with Crippen LogP contribution in [0.4, 0.5) is 5.69 Å². The molecule has 8 heteroatoms. The topological polar surface area (TPSA) is 68.8 Å². The summed E-state index contributed by atoms with van der Waals surface area (Å²) in [6.45, 7) is 2.97. The summed E-state index contributed by atoms with van der Waals surface area (Å²) in [6, 6.07) is 3.40. The summed E-state index contributed by atoms with van der Waals surface area (Å²) >= 11 is 6.27. The van der Waals surface area contributed by atoms with Gasteiger partial charge in [0, 0.05) is 19.2 Å². The first-order valence-electron chi connectivity index (χ1n) is 7.75. The van der Waals surface area contributed by atoms with Crippen molar-refractivity contribution < 1.29 is 19.0 Å². The number of carbonyl (C=O) groups excluding carboxylic acids is 1. The highest BCUT2D eigenvalue weighted by Gasteiger charge is 2.40. The maximum absolute atomic E-state index is 12.9. The van der Waals surface area contributed by atoms with Crippen LogP contribution in [0.15, 0.2) is 12.1 Å². The Labute approximate surface area is 152 Å². The van der Waals surface area contributed by atoms with E-state index in [-0.39, 0.29) is 18.3 Å². The van der Waals surface area contributed by atoms with E-state index in [9.17, 15) is 4.79 Å². The van der Waals surface area contributed by atoms with E-state index in [2.05, 4.69) is 10.6 Å². The zero-order chi connectivity index (χ0) is 16.3. The molecule has 6 nitrogen and oxygen atoms in total. The quantitative estimate of drug-likeness (QED) is 0.844. The second kappa shape index (κ2) is 8.25. The standard InChI is InChI=1S/C16H21ClN2O4.ClH/c1-21-10-16(2-4-18-5-3-16)15(20)19-12-9-14-13(8-11(12)17)22-6-7-23-14;/h8-9,18H,2-7,10H2,1H3,(H,19,20);1H. The van der Waals surface area contributed by atoms with Crippen molar-refractivity contribution in [1.29, 1.82) is 0 Å². The van der Waals surface area contributed by atoms with E-state index in [0.717, 1.165) is 25.9 Å². The highest BCUT2D eigenvalue weighted by Crippen LogP contribution is 2.39. The average molecular weight is 377 g/mol. The van der Waals surface area contributed by atoms with Crippen molar-refractivity contribution in [3.05, 3.63) is 17.2 Å². The molecule has 0 bridgehead atoms. The summed E-state index contributed by atoms with van der Waals surface area (Å²) in [6.07, 6.45) is 1.46. The van der Waals surface area contributed by atoms with Crippen LogP contribution in [0.1, 0.15) is 12.8 Å². The van der Waals surface area contributed by atoms with Gasteiger partial charge in [-0.2, -0.15) is 0 Å². The fourth-order valence-electron chi connectivity index (χ4n) is 3.03. The van der Waals surface area contributed by atoms with Crippen molar-refractivity contribution in [1.82, 2.24) is 5.32 Å². The summed E-state index contributed by atoms with van der Waals surface area (Å²) in [4.78, 5) is 12.9. The van der Waals surface area contributed by atoms with Crippen LogP contribution >= 0.6 is 24.0 Å². The number of halogens is 2. The Balaban J connectivity index is 0.00000208. The van der Waals surface area contributed by atoms with E-state index in [0.29, 0.717) is 42.0 Å². The smallest absolute Gasteiger partial charge is 0.233 e. The lowest BCUT2D eigenvalue weighted by atomic mass is 9.78. The highest BCUT2D eigenvalue weighted by molar-refractivity contribution is 6.34. The third-order valence-corrected chi connectivity index (χ3v) is 4.66. The van der Waals surface area contributed by atoms with Crippen molar-refractivity contribution >= 4 is 35.6 Å². The number of carbonyl (C=O) groups is 1. The Kier molecular flexibility index (Phi) is 6.57. The predicted molar refractivity (Wildman–Crippen MR) is 94.7 cm³/mol. The zero-order valence-electron chi connectivity index (χ0n) is 13.5. The fraction of sp³-hybridized carbons (Fsp3) is 0.562. The van der Waals surface area contributed by atoms with E-state index in [1.807, 2.05) is 0 Å². The maximum Gasteiger partial charge on any atom is 0.233 e. The zero-order valence-corrected chi connectivity index (χ0v) is 15.1. The molecule has 0 unspecified atom stereocenters. The van der Waals surface area contributed by atoms with Gasteiger partial charge in [0.05, 0.1) is 22.7 Å². The van der Waals surface area contributed by atoms with Crippen molar-refractivity contribution in [2.75, 3.05) is 45.3 Å². The van der Waals surface area contributed by atoms with Crippen LogP contribution < -0.4 is 20.1 Å². The van der Waals surface area contributed by atoms with Gasteiger partial charge in [0.15, 0.2) is 11.5 Å². The minimum Gasteiger partial charge on any atom is -0.486 e. The Morgan fingerprint density at radius 1 is 1.29 bits per heavy atom. The molecule has 1 aromatic rings. The molecule has 0 saturated carbocycles. The molecule has 0 aromatic heterocycles. The van der Waals surface area contributed by atoms with Crippen LogP contribution in [0, 0.1) is 5.41 Å². The first kappa shape index (κ1) is 19.1. The summed E-state index contributed by atoms with van der Waals surface area (Å²) in [5, 5.41) is 6.65. The molecule has 2 heterocycles. The van der Waals surface area contributed by atoms with Crippen molar-refractivity contribution in [3.8, 4) is 11.5 Å². The molecule has 2 aliphatic rings. The number of ether oxygens (including phenoxy) is 3. The van der Waals surface area contributed by atoms with Gasteiger partial charge in [0.25, 0.3) is 0 Å². The second-order valence-electron chi connectivity index (χ2n) is 5.89. The Morgan fingerprint density at radius 3 is 2.54 bits per heavy atom. The van der Waals surface area contributed by atoms with Gasteiger partial charge in [0.1, 0.15) is 13.2 Å². The van der Waals surface area contributed by atoms with E-state index in [1.54, 1.807) is 19.2 Å². The SMILES string of the molecule is COCC1(C(=O)Nc2cc3c(cc2Cl)OCCO3)CCNCC1.Cl. The Hall–Kier alpha value is -1.21. The number of nitrogens with one attached hydrogen (secondary N) is 2. The lowest BCUT2D eigenvalue weighted by Crippen LogP contribution is -2.47. The molecule has 0 spiro atoms. The van der Waals surface area contributed by atoms with Gasteiger partial charge in [-0.15, -0.1) is 12.4 Å². The van der Waals surface area contributed by atoms with Gasteiger partial charge in [-0.3, -0.25) is 4.79 Å². The number of fused-ring (bicyclic) bond motifs is 1. The number of benzene rings is 1. The van der Waals surface area contributed by atoms with Crippen molar-refractivity contribution in [2.45, 2.75) is 12.8 Å². The van der Waals surface area contributed by atoms with Gasteiger partial charge < -0.3 is 24.8 Å². The number of piperidine rings is 1. The average Bonchev–Trinajstić information content (AvgIpc) is 2.56. The number of methoxy groups -OCH3 is 1. The molecule has 24 heavy (non-hydrogen) atoms. The number of hydrogen-bond acceptors (Lipinski definition) is 5. The summed E-state index contributed by atoms with van der Waals surface area (Å²) in [5.41, 5.74) is 0.00581. The summed E-state index contributed by atoms with van der Waals surface area (Å²) in [5.74, 6) is 1.13. The minimum absolute atomic E-state index is 0. The van der Waals surface area contributed by atoms with E-state index >= 15 is 0 Å². The number of rotatable bonds is 4. The first-order chi connectivity index (χ1) is 11.1. The first-order valence-corrected chi connectivity index (χ1v) is 8.13. The fourth-order valence-corrected chi connectivity index (χ4v) is 3.23. The predicted octanol–water partition coefficient (Wildman–Crippen LogP) is 2.49. The van der Waals surface area contributed by atoms with Crippen LogP contribution in [-0.4, -0.2) is 45.9 Å². The van der Waals surface area contributed by atoms with Gasteiger partial charge >= 0.3 is 0 Å². The molecule has 3 rings (SSSR count). The van der Waals surface area contributed by atoms with E-state index in [4.69, 9.17) is 25.8 Å². The molecule has 134 valence electrons. The Bertz CT molecular complexity index is 586. The van der Waals surface area contributed by atoms with Crippen LogP contribution in [0.25, 0.3) is 0 Å². The van der Waals surface area contributed by atoms with Crippen LogP contribution in [0.2, 0.25) is 5.02 Å². The summed E-state index contributed by atoms with van der Waals surface area (Å²) in [7, 11) is 1.62. The molecule has 2 N–H and O–H groups in total. The van der Waals surface area contributed by atoms with Crippen LogP contribution in [0.3, 0.4) is 0 Å². The third-order valence-electron chi connectivity index (χ3n) is 4.34. The second-order valence-corrected chi connectivity index (χ2v) is 6.30. The van der Waals surface area contributed by atoms with Gasteiger partial charge in [-0.25, -0.2) is 0 Å². The maximum atomic E-state index is 12.9. The number of amides is 1. The molecule has 0 radical (unpaired) electrons. The van der Waals surface area contributed by atoms with Crippen LogP contribution in [-0.2, 0) is 9.53 Å². The normalized spacial score (nSPS) is 18.4. The molecule has 1 amide bonds. The van der Waals surface area contributed by atoms with Gasteiger partial charge in [-0.1, -0.05) is 11.6 Å². The lowest BCUT2D eigenvalue weighted by Gasteiger charge is -2.35. The molecular formula is C16H22Cl2N2O4. The monoisotopic (exact) mass is 376 g/mol. The largest absolute Gasteiger partial charge is 0.486 e. The van der Waals surface area contributed by atoms with E-state index in [1.165, 1.54) is 0 Å². The minimum atomic E-state index is -0.531. The molecule has 1 aromatic carbocycles. The molecule has 1 fully saturated rings. The number of anilines is 1. The molecular weight excluding hydrogens is 355 g/mol. The van der Waals surface area contributed by atoms with Crippen molar-refractivity contribution in [2.24, 2.45) is 5.41 Å². The molecule has 2 aliphatic heterocycles. The lowest BCUT2D eigenvalue weighted by molar-refractivity contribution is -0.130. The third kappa shape index (κ3) is 3.88. The number of hydrogen-bond donors (Lipinski definition) is 2. The molecule has 0 atom stereocenters. The van der Waals surface area contributed by atoms with Gasteiger partial charge in [0.2, 0.25) is 5.91 Å². The highest BCUT2D eigenvalue weighted by atomic mass is 35.5.